The van der Waals surface area contributed by atoms with Crippen LogP contribution in [0.2, 0.25) is 0 Å². The van der Waals surface area contributed by atoms with E-state index in [0.29, 0.717) is 16.5 Å². The molecule has 0 aliphatic heterocycles. The Kier molecular flexibility index (Phi) is 7.58. The summed E-state index contributed by atoms with van der Waals surface area (Å²) < 4.78 is 11.8. The van der Waals surface area contributed by atoms with E-state index in [9.17, 15) is 9.59 Å². The number of carbonyl (C=O) groups is 2. The first-order valence-corrected chi connectivity index (χ1v) is 12.6. The van der Waals surface area contributed by atoms with Gasteiger partial charge in [-0.3, -0.25) is 4.79 Å². The fraction of sp³-hybridized carbons (Fsp3) is 0.130. The Bertz CT molecular complexity index is 1260. The molecule has 2 heterocycles. The molecule has 168 valence electrons. The number of esters is 1. The van der Waals surface area contributed by atoms with Gasteiger partial charge in [-0.05, 0) is 36.8 Å². The van der Waals surface area contributed by atoms with Crippen LogP contribution < -0.4 is 5.32 Å². The van der Waals surface area contributed by atoms with E-state index in [2.05, 4.69) is 31.4 Å². The lowest BCUT2D eigenvalue weighted by atomic mass is 10.0. The molecule has 33 heavy (non-hydrogen) atoms. The fourth-order valence-corrected chi connectivity index (χ4v) is 4.75. The minimum absolute atomic E-state index is 0.0445. The average molecular weight is 544 g/mol. The second-order valence-corrected chi connectivity index (χ2v) is 9.38. The Morgan fingerprint density at radius 3 is 2.58 bits per heavy atom. The molecule has 2 aromatic heterocycles. The van der Waals surface area contributed by atoms with Crippen molar-refractivity contribution in [3.8, 4) is 22.6 Å². The minimum Gasteiger partial charge on any atom is -0.462 e. The molecule has 1 N–H and O–H groups in total. The number of nitrogens with one attached hydrogen (secondary N) is 1. The first-order chi connectivity index (χ1) is 16.0. The van der Waals surface area contributed by atoms with Crippen molar-refractivity contribution in [1.82, 2.24) is 10.2 Å². The molecule has 7 nitrogen and oxygen atoms in total. The molecule has 0 aliphatic carbocycles. The number of halogens is 1. The highest BCUT2D eigenvalue weighted by Gasteiger charge is 2.23. The summed E-state index contributed by atoms with van der Waals surface area (Å²) in [5, 5.41) is 13.4. The van der Waals surface area contributed by atoms with Crippen LogP contribution in [-0.4, -0.2) is 34.4 Å². The topological polar surface area (TPSA) is 94.3 Å². The van der Waals surface area contributed by atoms with Crippen LogP contribution >= 0.6 is 39.0 Å². The van der Waals surface area contributed by atoms with Gasteiger partial charge < -0.3 is 14.5 Å². The van der Waals surface area contributed by atoms with E-state index in [4.69, 9.17) is 9.15 Å². The number of nitrogens with zero attached hydrogens (tertiary/aromatic N) is 2. The van der Waals surface area contributed by atoms with Crippen molar-refractivity contribution in [3.05, 3.63) is 70.0 Å². The zero-order valence-electron chi connectivity index (χ0n) is 17.4. The second kappa shape index (κ2) is 10.8. The number of rotatable bonds is 8. The maximum Gasteiger partial charge on any atom is 0.341 e. The fourth-order valence-electron chi connectivity index (χ4n) is 2.95. The molecular weight excluding hydrogens is 526 g/mol. The van der Waals surface area contributed by atoms with Gasteiger partial charge in [0.05, 0.1) is 12.4 Å². The summed E-state index contributed by atoms with van der Waals surface area (Å²) in [7, 11) is 0. The van der Waals surface area contributed by atoms with Crippen molar-refractivity contribution in [2.24, 2.45) is 0 Å². The number of amides is 1. The van der Waals surface area contributed by atoms with Crippen LogP contribution in [0, 0.1) is 0 Å². The van der Waals surface area contributed by atoms with Crippen LogP contribution in [0.5, 0.6) is 0 Å². The van der Waals surface area contributed by atoms with E-state index in [1.165, 1.54) is 11.3 Å². The monoisotopic (exact) mass is 543 g/mol. The lowest BCUT2D eigenvalue weighted by Gasteiger charge is -2.08. The summed E-state index contributed by atoms with van der Waals surface area (Å²) in [6.45, 7) is 1.98. The van der Waals surface area contributed by atoms with Crippen molar-refractivity contribution < 1.29 is 18.7 Å². The van der Waals surface area contributed by atoms with Crippen molar-refractivity contribution >= 4 is 55.9 Å². The standard InChI is InChI=1S/C23H18BrN3O4S2/c1-2-30-22(29)19-17(14-6-4-3-5-7-14)12-32-21(19)25-18(28)13-33-23-27-26-20(31-23)15-8-10-16(24)11-9-15/h3-12H,2,13H2,1H3,(H,25,28). The van der Waals surface area contributed by atoms with E-state index in [-0.39, 0.29) is 23.5 Å². The first-order valence-electron chi connectivity index (χ1n) is 9.91. The number of hydrogen-bond acceptors (Lipinski definition) is 8. The summed E-state index contributed by atoms with van der Waals surface area (Å²) >= 11 is 5.79. The average Bonchev–Trinajstić information content (AvgIpc) is 3.46. The number of aromatic nitrogens is 2. The van der Waals surface area contributed by atoms with E-state index < -0.39 is 5.97 Å². The predicted octanol–water partition coefficient (Wildman–Crippen LogP) is 6.14. The summed E-state index contributed by atoms with van der Waals surface area (Å²) in [6, 6.07) is 17.0. The zero-order chi connectivity index (χ0) is 23.2. The molecule has 0 aliphatic rings. The highest BCUT2D eigenvalue weighted by Crippen LogP contribution is 2.36. The Hall–Kier alpha value is -2.95. The van der Waals surface area contributed by atoms with Crippen LogP contribution in [0.4, 0.5) is 5.00 Å². The van der Waals surface area contributed by atoms with E-state index in [1.54, 1.807) is 6.92 Å². The third kappa shape index (κ3) is 5.70. The minimum atomic E-state index is -0.475. The molecule has 0 fully saturated rings. The van der Waals surface area contributed by atoms with Crippen LogP contribution in [0.3, 0.4) is 0 Å². The molecule has 1 amide bonds. The Balaban J connectivity index is 1.45. The summed E-state index contributed by atoms with van der Waals surface area (Å²) in [4.78, 5) is 25.2. The van der Waals surface area contributed by atoms with Gasteiger partial charge in [0.25, 0.3) is 5.22 Å². The molecule has 10 heteroatoms. The highest BCUT2D eigenvalue weighted by atomic mass is 79.9. The van der Waals surface area contributed by atoms with Crippen molar-refractivity contribution in [2.45, 2.75) is 12.1 Å². The smallest absolute Gasteiger partial charge is 0.341 e. The van der Waals surface area contributed by atoms with E-state index >= 15 is 0 Å². The Morgan fingerprint density at radius 2 is 1.85 bits per heavy atom. The van der Waals surface area contributed by atoms with Crippen molar-refractivity contribution in [3.63, 3.8) is 0 Å². The number of ether oxygens (including phenoxy) is 1. The van der Waals surface area contributed by atoms with Gasteiger partial charge in [0, 0.05) is 21.0 Å². The van der Waals surface area contributed by atoms with Gasteiger partial charge in [0.15, 0.2) is 0 Å². The lowest BCUT2D eigenvalue weighted by Crippen LogP contribution is -2.16. The SMILES string of the molecule is CCOC(=O)c1c(-c2ccccc2)csc1NC(=O)CSc1nnc(-c2ccc(Br)cc2)o1. The van der Waals surface area contributed by atoms with Gasteiger partial charge in [-0.1, -0.05) is 58.0 Å². The number of carbonyl (C=O) groups excluding carboxylic acids is 2. The summed E-state index contributed by atoms with van der Waals surface area (Å²) in [5.41, 5.74) is 2.73. The van der Waals surface area contributed by atoms with Gasteiger partial charge in [-0.25, -0.2) is 4.79 Å². The van der Waals surface area contributed by atoms with Crippen LogP contribution in [0.15, 0.2) is 74.1 Å². The first kappa shape index (κ1) is 23.2. The van der Waals surface area contributed by atoms with Gasteiger partial charge in [0.2, 0.25) is 11.8 Å². The molecule has 0 saturated heterocycles. The number of anilines is 1. The normalized spacial score (nSPS) is 10.7. The molecule has 0 bridgehead atoms. The quantitative estimate of drug-likeness (QED) is 0.211. The largest absolute Gasteiger partial charge is 0.462 e. The van der Waals surface area contributed by atoms with Crippen LogP contribution in [0.25, 0.3) is 22.6 Å². The van der Waals surface area contributed by atoms with Gasteiger partial charge in [0.1, 0.15) is 10.6 Å². The van der Waals surface area contributed by atoms with Crippen molar-refractivity contribution in [2.75, 3.05) is 17.7 Å². The number of thioether (sulfide) groups is 1. The highest BCUT2D eigenvalue weighted by molar-refractivity contribution is 9.10. The molecular formula is C23H18BrN3O4S2. The molecule has 0 spiro atoms. The van der Waals surface area contributed by atoms with Crippen molar-refractivity contribution in [1.29, 1.82) is 0 Å². The molecule has 0 saturated carbocycles. The molecule has 0 radical (unpaired) electrons. The Labute approximate surface area is 206 Å². The van der Waals surface area contributed by atoms with Gasteiger partial charge in [-0.2, -0.15) is 0 Å². The third-order valence-corrected chi connectivity index (χ3v) is 6.68. The molecule has 4 aromatic rings. The molecule has 0 atom stereocenters. The Morgan fingerprint density at radius 1 is 1.09 bits per heavy atom. The van der Waals surface area contributed by atoms with E-state index in [1.807, 2.05) is 60.0 Å². The lowest BCUT2D eigenvalue weighted by molar-refractivity contribution is -0.113. The van der Waals surface area contributed by atoms with Crippen LogP contribution in [0.1, 0.15) is 17.3 Å². The second-order valence-electron chi connectivity index (χ2n) is 6.66. The maximum absolute atomic E-state index is 12.6. The molecule has 0 unspecified atom stereocenters. The zero-order valence-corrected chi connectivity index (χ0v) is 20.6. The maximum atomic E-state index is 12.6. The number of benzene rings is 2. The van der Waals surface area contributed by atoms with Crippen LogP contribution in [-0.2, 0) is 9.53 Å². The number of thiophene rings is 1. The third-order valence-electron chi connectivity index (χ3n) is 4.43. The van der Waals surface area contributed by atoms with E-state index in [0.717, 1.165) is 32.9 Å². The van der Waals surface area contributed by atoms with Gasteiger partial charge in [-0.15, -0.1) is 21.5 Å². The number of hydrogen-bond donors (Lipinski definition) is 1. The molecule has 2 aromatic carbocycles. The van der Waals surface area contributed by atoms with Gasteiger partial charge >= 0.3 is 5.97 Å². The summed E-state index contributed by atoms with van der Waals surface area (Å²) in [5.74, 6) is -0.351. The molecule has 4 rings (SSSR count). The summed E-state index contributed by atoms with van der Waals surface area (Å²) in [6.07, 6.45) is 0. The predicted molar refractivity (Wildman–Crippen MR) is 132 cm³/mol.